The highest BCUT2D eigenvalue weighted by Crippen LogP contribution is 2.49. The van der Waals surface area contributed by atoms with Gasteiger partial charge in [0, 0.05) is 6.08 Å². The molecule has 3 N–H and O–H groups in total. The molecule has 2 aromatic carbocycles. The van der Waals surface area contributed by atoms with E-state index in [1.165, 1.54) is 0 Å². The molecule has 0 radical (unpaired) electrons. The number of hydrogen-bond acceptors (Lipinski definition) is 7. The maximum absolute atomic E-state index is 12.8. The minimum atomic E-state index is -4.64. The first-order chi connectivity index (χ1) is 13.6. The first kappa shape index (κ1) is 24.6. The lowest BCUT2D eigenvalue weighted by molar-refractivity contribution is -0.138. The van der Waals surface area contributed by atoms with Crippen molar-refractivity contribution in [2.24, 2.45) is 0 Å². The first-order valence-electron chi connectivity index (χ1n) is 7.93. The van der Waals surface area contributed by atoms with Crippen LogP contribution in [0.25, 0.3) is 0 Å². The van der Waals surface area contributed by atoms with Crippen molar-refractivity contribution in [1.29, 1.82) is 0 Å². The zero-order chi connectivity index (χ0) is 21.8. The molecule has 0 unspecified atom stereocenters. The van der Waals surface area contributed by atoms with E-state index >= 15 is 0 Å². The third kappa shape index (κ3) is 12.6. The van der Waals surface area contributed by atoms with Crippen LogP contribution in [-0.2, 0) is 23.2 Å². The highest BCUT2D eigenvalue weighted by atomic mass is 31.2. The molecular formula is C17H20O10P2. The van der Waals surface area contributed by atoms with Gasteiger partial charge in [0.05, 0.1) is 6.61 Å². The van der Waals surface area contributed by atoms with E-state index in [0.717, 1.165) is 6.08 Å². The largest absolute Gasteiger partial charge is 0.587 e. The lowest BCUT2D eigenvalue weighted by Crippen LogP contribution is -2.11. The highest BCUT2D eigenvalue weighted by molar-refractivity contribution is 7.49. The standard InChI is InChI=1S/C17H17O6P.H3O4P/c1-2-17(18)20-13-14-21-24(19,22-15-9-5-3-6-10-15)23-16-11-7-4-8-12-16;1-5(2,3)4/h2-12H,1,13-14H2;(H3,1,2,3,4). The van der Waals surface area contributed by atoms with Crippen LogP contribution in [0.15, 0.2) is 73.3 Å². The van der Waals surface area contributed by atoms with Gasteiger partial charge in [0.2, 0.25) is 0 Å². The van der Waals surface area contributed by atoms with Crippen molar-refractivity contribution in [2.45, 2.75) is 0 Å². The molecule has 12 heteroatoms. The van der Waals surface area contributed by atoms with Gasteiger partial charge in [-0.2, -0.15) is 0 Å². The van der Waals surface area contributed by atoms with Gasteiger partial charge in [-0.25, -0.2) is 13.9 Å². The number of phosphoric acid groups is 2. The monoisotopic (exact) mass is 446 g/mol. The molecule has 0 saturated carbocycles. The second-order valence-electron chi connectivity index (χ2n) is 4.97. The Morgan fingerprint density at radius 3 is 1.66 bits per heavy atom. The van der Waals surface area contributed by atoms with Crippen molar-refractivity contribution < 1.29 is 46.9 Å². The van der Waals surface area contributed by atoms with Gasteiger partial charge in [-0.1, -0.05) is 43.0 Å². The molecule has 0 heterocycles. The zero-order valence-corrected chi connectivity index (χ0v) is 16.9. The lowest BCUT2D eigenvalue weighted by atomic mass is 10.3. The summed E-state index contributed by atoms with van der Waals surface area (Å²) < 4.78 is 42.5. The van der Waals surface area contributed by atoms with Gasteiger partial charge in [-0.15, -0.1) is 0 Å². The minimum absolute atomic E-state index is 0.106. The lowest BCUT2D eigenvalue weighted by Gasteiger charge is -2.19. The fourth-order valence-corrected chi connectivity index (χ4v) is 2.84. The van der Waals surface area contributed by atoms with Crippen molar-refractivity contribution in [3.63, 3.8) is 0 Å². The van der Waals surface area contributed by atoms with E-state index in [1.807, 2.05) is 0 Å². The number of para-hydroxylation sites is 2. The van der Waals surface area contributed by atoms with Crippen LogP contribution in [0.2, 0.25) is 0 Å². The second kappa shape index (κ2) is 12.2. The fourth-order valence-electron chi connectivity index (χ4n) is 1.64. The summed E-state index contributed by atoms with van der Waals surface area (Å²) in [4.78, 5) is 32.6. The van der Waals surface area contributed by atoms with Crippen molar-refractivity contribution >= 4 is 21.6 Å². The Kier molecular flexibility index (Phi) is 10.3. The van der Waals surface area contributed by atoms with Gasteiger partial charge in [-0.3, -0.25) is 4.52 Å². The van der Waals surface area contributed by atoms with Gasteiger partial charge < -0.3 is 28.5 Å². The molecule has 0 aliphatic carbocycles. The van der Waals surface area contributed by atoms with Gasteiger partial charge >= 0.3 is 21.6 Å². The zero-order valence-electron chi connectivity index (χ0n) is 15.1. The maximum atomic E-state index is 12.8. The van der Waals surface area contributed by atoms with Crippen molar-refractivity contribution in [2.75, 3.05) is 13.2 Å². The summed E-state index contributed by atoms with van der Waals surface area (Å²) in [6.07, 6.45) is 1.03. The Bertz CT molecular complexity index is 797. The Balaban J connectivity index is 0.000000749. The predicted octanol–water partition coefficient (Wildman–Crippen LogP) is 3.07. The van der Waals surface area contributed by atoms with Crippen LogP contribution in [0.4, 0.5) is 0 Å². The quantitative estimate of drug-likeness (QED) is 0.227. The SMILES string of the molecule is C=CC(=O)OCCOP(=O)(Oc1ccccc1)Oc1ccccc1.O=P(O)(O)O. The smallest absolute Gasteiger partial charge is 0.460 e. The molecule has 2 rings (SSSR count). The molecule has 0 spiro atoms. The summed E-state index contributed by atoms with van der Waals surface area (Å²) in [5.74, 6) is 0.0705. The third-order valence-corrected chi connectivity index (χ3v) is 4.03. The molecule has 0 aromatic heterocycles. The van der Waals surface area contributed by atoms with Crippen LogP contribution < -0.4 is 9.05 Å². The topological polar surface area (TPSA) is 149 Å². The summed E-state index contributed by atoms with van der Waals surface area (Å²) >= 11 is 0. The van der Waals surface area contributed by atoms with E-state index in [9.17, 15) is 9.36 Å². The third-order valence-electron chi connectivity index (χ3n) is 2.66. The van der Waals surface area contributed by atoms with Crippen LogP contribution in [0.3, 0.4) is 0 Å². The van der Waals surface area contributed by atoms with E-state index < -0.39 is 21.6 Å². The number of ether oxygens (including phenoxy) is 1. The summed E-state index contributed by atoms with van der Waals surface area (Å²) in [6, 6.07) is 17.0. The van der Waals surface area contributed by atoms with E-state index in [4.69, 9.17) is 37.6 Å². The molecule has 0 fully saturated rings. The van der Waals surface area contributed by atoms with Crippen LogP contribution in [-0.4, -0.2) is 33.9 Å². The Morgan fingerprint density at radius 2 is 1.28 bits per heavy atom. The molecule has 0 aliphatic rings. The van der Waals surface area contributed by atoms with E-state index in [0.29, 0.717) is 11.5 Å². The fraction of sp³-hybridized carbons (Fsp3) is 0.118. The molecule has 10 nitrogen and oxygen atoms in total. The van der Waals surface area contributed by atoms with Crippen LogP contribution in [0.5, 0.6) is 11.5 Å². The molecule has 0 amide bonds. The number of esters is 1. The average molecular weight is 446 g/mol. The van der Waals surface area contributed by atoms with Crippen molar-refractivity contribution in [3.05, 3.63) is 73.3 Å². The normalized spacial score (nSPS) is 10.9. The molecule has 29 heavy (non-hydrogen) atoms. The first-order valence-corrected chi connectivity index (χ1v) is 11.0. The molecule has 0 bridgehead atoms. The highest BCUT2D eigenvalue weighted by Gasteiger charge is 2.30. The Labute approximate surface area is 167 Å². The maximum Gasteiger partial charge on any atom is 0.587 e. The summed E-state index contributed by atoms with van der Waals surface area (Å²) in [5.41, 5.74) is 0. The molecule has 0 aliphatic heterocycles. The molecular weight excluding hydrogens is 426 g/mol. The van der Waals surface area contributed by atoms with Gasteiger partial charge in [0.1, 0.15) is 18.1 Å². The average Bonchev–Trinajstić information content (AvgIpc) is 2.65. The number of phosphoric ester groups is 1. The molecule has 158 valence electrons. The summed E-state index contributed by atoms with van der Waals surface area (Å²) in [6.45, 7) is 3.02. The van der Waals surface area contributed by atoms with Crippen LogP contribution >= 0.6 is 15.6 Å². The molecule has 0 atom stereocenters. The van der Waals surface area contributed by atoms with E-state index in [-0.39, 0.29) is 13.2 Å². The van der Waals surface area contributed by atoms with Gasteiger partial charge in [-0.05, 0) is 24.3 Å². The molecule has 0 saturated heterocycles. The Morgan fingerprint density at radius 1 is 0.862 bits per heavy atom. The predicted molar refractivity (Wildman–Crippen MR) is 103 cm³/mol. The molecule has 2 aromatic rings. The van der Waals surface area contributed by atoms with Gasteiger partial charge in [0.25, 0.3) is 0 Å². The van der Waals surface area contributed by atoms with E-state index in [1.54, 1.807) is 60.7 Å². The van der Waals surface area contributed by atoms with Gasteiger partial charge in [0.15, 0.2) is 0 Å². The van der Waals surface area contributed by atoms with Crippen molar-refractivity contribution in [1.82, 2.24) is 0 Å². The summed E-state index contributed by atoms with van der Waals surface area (Å²) in [7, 11) is -8.59. The van der Waals surface area contributed by atoms with Crippen LogP contribution in [0.1, 0.15) is 0 Å². The number of carbonyl (C=O) groups is 1. The number of carbonyl (C=O) groups excluding carboxylic acids is 1. The van der Waals surface area contributed by atoms with Crippen molar-refractivity contribution in [3.8, 4) is 11.5 Å². The minimum Gasteiger partial charge on any atom is -0.460 e. The Hall–Kier alpha value is -2.45. The number of rotatable bonds is 9. The number of hydrogen-bond donors (Lipinski definition) is 3. The summed E-state index contributed by atoms with van der Waals surface area (Å²) in [5, 5.41) is 0. The number of benzene rings is 2. The second-order valence-corrected chi connectivity index (χ2v) is 7.52. The van der Waals surface area contributed by atoms with Crippen LogP contribution in [0, 0.1) is 0 Å². The van der Waals surface area contributed by atoms with E-state index in [2.05, 4.69) is 6.58 Å².